The van der Waals surface area contributed by atoms with E-state index in [1.54, 1.807) is 0 Å². The van der Waals surface area contributed by atoms with Crippen LogP contribution in [0.3, 0.4) is 0 Å². The molecule has 1 fully saturated rings. The molecule has 4 N–H and O–H groups in total. The number of isothiocyanates is 1. The van der Waals surface area contributed by atoms with Gasteiger partial charge in [-0.1, -0.05) is 0 Å². The fraction of sp³-hybridized carbons (Fsp3) is 0.385. The van der Waals surface area contributed by atoms with Crippen molar-refractivity contribution >= 4 is 34.2 Å². The van der Waals surface area contributed by atoms with Crippen molar-refractivity contribution in [2.45, 2.75) is 24.5 Å². The number of aromatic nitrogens is 3. The van der Waals surface area contributed by atoms with Crippen molar-refractivity contribution in [3.8, 4) is 6.07 Å². The van der Waals surface area contributed by atoms with E-state index in [1.165, 1.54) is 17.1 Å². The minimum Gasteiger partial charge on any atom is -0.387 e. The number of nitrogens with two attached hydrogens (primary N) is 1. The first-order valence-corrected chi connectivity index (χ1v) is 7.05. The number of nitrogens with zero attached hydrogens (tertiary/aromatic N) is 5. The Morgan fingerprint density at radius 2 is 2.22 bits per heavy atom. The van der Waals surface area contributed by atoms with Crippen LogP contribution in [0.15, 0.2) is 17.5 Å². The topological polar surface area (TPSA) is 143 Å². The van der Waals surface area contributed by atoms with E-state index in [0.29, 0.717) is 11.0 Å². The zero-order valence-electron chi connectivity index (χ0n) is 11.7. The van der Waals surface area contributed by atoms with Crippen LogP contribution >= 0.6 is 12.2 Å². The minimum atomic E-state index is -1.22. The third-order valence-corrected chi connectivity index (χ3v) is 3.84. The van der Waals surface area contributed by atoms with Crippen LogP contribution in [0.25, 0.3) is 11.0 Å². The van der Waals surface area contributed by atoms with Gasteiger partial charge < -0.3 is 25.3 Å². The largest absolute Gasteiger partial charge is 0.387 e. The molecule has 10 heteroatoms. The van der Waals surface area contributed by atoms with Gasteiger partial charge >= 0.3 is 0 Å². The summed E-state index contributed by atoms with van der Waals surface area (Å²) in [4.78, 5) is 11.7. The molecule has 0 radical (unpaired) electrons. The molecule has 1 saturated heterocycles. The number of aliphatic hydroxyl groups is 2. The molecule has 0 aromatic carbocycles. The number of thiocarbonyl (C=S) groups is 1. The summed E-state index contributed by atoms with van der Waals surface area (Å²) in [5, 5.41) is 32.1. The van der Waals surface area contributed by atoms with E-state index in [0.717, 1.165) is 0 Å². The average molecular weight is 332 g/mol. The Kier molecular flexibility index (Phi) is 4.04. The number of aliphatic imine (C=N–C) groups is 1. The first-order valence-electron chi connectivity index (χ1n) is 6.64. The molecule has 0 unspecified atom stereocenters. The number of nitrogen functional groups attached to an aromatic ring is 1. The predicted molar refractivity (Wildman–Crippen MR) is 82.5 cm³/mol. The number of hydrogen-bond acceptors (Lipinski definition) is 9. The monoisotopic (exact) mass is 332 g/mol. The van der Waals surface area contributed by atoms with E-state index in [9.17, 15) is 15.5 Å². The fourth-order valence-corrected chi connectivity index (χ4v) is 2.70. The molecule has 118 valence electrons. The maximum Gasteiger partial charge on any atom is 0.164 e. The number of rotatable bonds is 3. The Morgan fingerprint density at radius 3 is 2.91 bits per heavy atom. The lowest BCUT2D eigenvalue weighted by atomic mass is 10.1. The van der Waals surface area contributed by atoms with Gasteiger partial charge in [-0.3, -0.25) is 0 Å². The van der Waals surface area contributed by atoms with Crippen LogP contribution in [0.1, 0.15) is 11.8 Å². The van der Waals surface area contributed by atoms with Gasteiger partial charge in [-0.05, 0) is 12.2 Å². The highest BCUT2D eigenvalue weighted by Crippen LogP contribution is 2.34. The molecule has 9 nitrogen and oxygen atoms in total. The third kappa shape index (κ3) is 2.46. The molecule has 0 aliphatic carbocycles. The van der Waals surface area contributed by atoms with E-state index >= 15 is 0 Å². The standard InChI is InChI=1S/C13H12N6O3S/c14-1-6-3-19(12-8(6)11(15)17-4-18-12)13-10(21)9(20)7(22-13)2-16-5-23/h3-4,7,9-10,13,20-21H,2H2,(H2,15,17,18)/t7-,9-,10-,13-/m1/s1. The van der Waals surface area contributed by atoms with Gasteiger partial charge in [0.25, 0.3) is 0 Å². The summed E-state index contributed by atoms with van der Waals surface area (Å²) in [6.45, 7) is 0.0691. The van der Waals surface area contributed by atoms with Crippen LogP contribution < -0.4 is 5.73 Å². The highest BCUT2D eigenvalue weighted by Gasteiger charge is 2.44. The molecule has 1 aliphatic rings. The van der Waals surface area contributed by atoms with Crippen LogP contribution in [-0.2, 0) is 4.74 Å². The van der Waals surface area contributed by atoms with E-state index in [-0.39, 0.29) is 17.9 Å². The van der Waals surface area contributed by atoms with Gasteiger partial charge in [0.05, 0.1) is 22.7 Å². The minimum absolute atomic E-state index is 0.0691. The molecule has 1 aliphatic heterocycles. The van der Waals surface area contributed by atoms with Crippen LogP contribution in [0.4, 0.5) is 5.82 Å². The van der Waals surface area contributed by atoms with E-state index in [4.69, 9.17) is 10.5 Å². The van der Waals surface area contributed by atoms with Crippen molar-refractivity contribution in [2.75, 3.05) is 12.3 Å². The Balaban J connectivity index is 2.06. The predicted octanol–water partition coefficient (Wildman–Crippen LogP) is -0.393. The number of aliphatic hydroxyl groups excluding tert-OH is 2. The molecule has 23 heavy (non-hydrogen) atoms. The van der Waals surface area contributed by atoms with Crippen molar-refractivity contribution < 1.29 is 14.9 Å². The highest BCUT2D eigenvalue weighted by atomic mass is 32.1. The molecule has 2 aromatic rings. The molecule has 4 atom stereocenters. The van der Waals surface area contributed by atoms with Crippen LogP contribution in [-0.4, -0.2) is 54.8 Å². The number of fused-ring (bicyclic) bond motifs is 1. The second-order valence-corrected chi connectivity index (χ2v) is 5.18. The maximum absolute atomic E-state index is 10.2. The van der Waals surface area contributed by atoms with E-state index < -0.39 is 24.5 Å². The van der Waals surface area contributed by atoms with Crippen molar-refractivity contribution in [3.05, 3.63) is 18.1 Å². The summed E-state index contributed by atoms with van der Waals surface area (Å²) < 4.78 is 7.11. The fourth-order valence-electron chi connectivity index (χ4n) is 2.62. The number of anilines is 1. The Hall–Kier alpha value is -2.41. The lowest BCUT2D eigenvalue weighted by Gasteiger charge is -2.17. The van der Waals surface area contributed by atoms with Gasteiger partial charge in [-0.25, -0.2) is 15.0 Å². The zero-order valence-corrected chi connectivity index (χ0v) is 12.5. The summed E-state index contributed by atoms with van der Waals surface area (Å²) >= 11 is 4.49. The second kappa shape index (κ2) is 6.00. The Bertz CT molecular complexity index is 840. The van der Waals surface area contributed by atoms with E-state index in [1.807, 2.05) is 6.07 Å². The Labute approximate surface area is 135 Å². The number of ether oxygens (including phenoxy) is 1. The van der Waals surface area contributed by atoms with Crippen molar-refractivity contribution in [3.63, 3.8) is 0 Å². The van der Waals surface area contributed by atoms with Crippen molar-refractivity contribution in [1.29, 1.82) is 5.26 Å². The first kappa shape index (κ1) is 15.5. The molecular weight excluding hydrogens is 320 g/mol. The molecule has 0 saturated carbocycles. The Morgan fingerprint density at radius 1 is 1.43 bits per heavy atom. The molecule has 0 amide bonds. The zero-order chi connectivity index (χ0) is 16.6. The normalized spacial score (nSPS) is 26.8. The summed E-state index contributed by atoms with van der Waals surface area (Å²) in [5.41, 5.74) is 6.39. The SMILES string of the molecule is N#Cc1cn([C@@H]2O[C@H](CN=C=S)[C@@H](O)[C@H]2O)c2ncnc(N)c12. The average Bonchev–Trinajstić information content (AvgIpc) is 3.06. The molecule has 2 aromatic heterocycles. The highest BCUT2D eigenvalue weighted by molar-refractivity contribution is 7.78. The van der Waals surface area contributed by atoms with Crippen molar-refractivity contribution in [1.82, 2.24) is 14.5 Å². The van der Waals surface area contributed by atoms with Crippen LogP contribution in [0.2, 0.25) is 0 Å². The van der Waals surface area contributed by atoms with Crippen LogP contribution in [0.5, 0.6) is 0 Å². The van der Waals surface area contributed by atoms with E-state index in [2.05, 4.69) is 32.3 Å². The molecule has 3 heterocycles. The molecular formula is C13H12N6O3S. The first-order chi connectivity index (χ1) is 11.1. The number of nitriles is 1. The van der Waals surface area contributed by atoms with Gasteiger partial charge in [0.2, 0.25) is 0 Å². The van der Waals surface area contributed by atoms with Crippen LogP contribution in [0, 0.1) is 11.3 Å². The summed E-state index contributed by atoms with van der Waals surface area (Å²) in [7, 11) is 0. The third-order valence-electron chi connectivity index (χ3n) is 3.71. The second-order valence-electron chi connectivity index (χ2n) is 5.00. The lowest BCUT2D eigenvalue weighted by Crippen LogP contribution is -2.32. The van der Waals surface area contributed by atoms with Gasteiger partial charge in [0.15, 0.2) is 6.23 Å². The quantitative estimate of drug-likeness (QED) is 0.509. The molecule has 0 bridgehead atoms. The van der Waals surface area contributed by atoms with Gasteiger partial charge in [-0.15, -0.1) is 0 Å². The molecule has 3 rings (SSSR count). The maximum atomic E-state index is 10.2. The number of hydrogen-bond donors (Lipinski definition) is 3. The van der Waals surface area contributed by atoms with Gasteiger partial charge in [0, 0.05) is 6.20 Å². The van der Waals surface area contributed by atoms with Crippen molar-refractivity contribution in [2.24, 2.45) is 4.99 Å². The lowest BCUT2D eigenvalue weighted by molar-refractivity contribution is -0.0317. The smallest absolute Gasteiger partial charge is 0.164 e. The van der Waals surface area contributed by atoms with Gasteiger partial charge in [-0.2, -0.15) is 5.26 Å². The summed E-state index contributed by atoms with van der Waals surface area (Å²) in [5.74, 6) is 0.153. The summed E-state index contributed by atoms with van der Waals surface area (Å²) in [6.07, 6.45) is -1.35. The molecule has 0 spiro atoms. The summed E-state index contributed by atoms with van der Waals surface area (Å²) in [6, 6.07) is 2.00. The van der Waals surface area contributed by atoms with Gasteiger partial charge in [0.1, 0.15) is 42.2 Å².